The minimum absolute atomic E-state index is 0.0585. The molecule has 0 atom stereocenters. The SMILES string of the molecule is CC(C)(C)c1ncc(CNCc2ccc(F)c(F)c2)s1. The lowest BCUT2D eigenvalue weighted by molar-refractivity contribution is 0.506. The van der Waals surface area contributed by atoms with Crippen molar-refractivity contribution < 1.29 is 8.78 Å². The van der Waals surface area contributed by atoms with Gasteiger partial charge in [0.2, 0.25) is 0 Å². The zero-order valence-corrected chi connectivity index (χ0v) is 12.7. The maximum Gasteiger partial charge on any atom is 0.159 e. The average molecular weight is 296 g/mol. The zero-order chi connectivity index (χ0) is 14.8. The number of halogens is 2. The van der Waals surface area contributed by atoms with Gasteiger partial charge in [-0.1, -0.05) is 26.8 Å². The summed E-state index contributed by atoms with van der Waals surface area (Å²) in [4.78, 5) is 5.54. The van der Waals surface area contributed by atoms with Gasteiger partial charge in [0.15, 0.2) is 11.6 Å². The van der Waals surface area contributed by atoms with E-state index in [0.717, 1.165) is 21.5 Å². The fourth-order valence-electron chi connectivity index (χ4n) is 1.72. The Morgan fingerprint density at radius 2 is 1.90 bits per heavy atom. The molecule has 108 valence electrons. The molecule has 5 heteroatoms. The summed E-state index contributed by atoms with van der Waals surface area (Å²) in [7, 11) is 0. The number of nitrogens with one attached hydrogen (secondary N) is 1. The van der Waals surface area contributed by atoms with Crippen molar-refractivity contribution in [2.75, 3.05) is 0 Å². The van der Waals surface area contributed by atoms with Crippen molar-refractivity contribution in [3.8, 4) is 0 Å². The van der Waals surface area contributed by atoms with E-state index < -0.39 is 11.6 Å². The van der Waals surface area contributed by atoms with Gasteiger partial charge in [0.25, 0.3) is 0 Å². The standard InChI is InChI=1S/C15H18F2N2S/c1-15(2,3)14-19-9-11(20-14)8-18-7-10-4-5-12(16)13(17)6-10/h4-6,9,18H,7-8H2,1-3H3. The summed E-state index contributed by atoms with van der Waals surface area (Å²) in [6, 6.07) is 3.95. The van der Waals surface area contributed by atoms with Crippen molar-refractivity contribution in [2.24, 2.45) is 0 Å². The lowest BCUT2D eigenvalue weighted by Gasteiger charge is -2.13. The van der Waals surface area contributed by atoms with Crippen molar-refractivity contribution in [1.29, 1.82) is 0 Å². The highest BCUT2D eigenvalue weighted by Crippen LogP contribution is 2.26. The summed E-state index contributed by atoms with van der Waals surface area (Å²) in [5.74, 6) is -1.62. The van der Waals surface area contributed by atoms with Crippen LogP contribution >= 0.6 is 11.3 Å². The lowest BCUT2D eigenvalue weighted by Crippen LogP contribution is -2.12. The van der Waals surface area contributed by atoms with Gasteiger partial charge in [0.1, 0.15) is 0 Å². The van der Waals surface area contributed by atoms with E-state index in [4.69, 9.17) is 0 Å². The first kappa shape index (κ1) is 15.1. The van der Waals surface area contributed by atoms with Gasteiger partial charge in [-0.05, 0) is 17.7 Å². The normalized spacial score (nSPS) is 11.8. The van der Waals surface area contributed by atoms with Gasteiger partial charge < -0.3 is 5.32 Å². The van der Waals surface area contributed by atoms with Gasteiger partial charge in [-0.2, -0.15) is 0 Å². The van der Waals surface area contributed by atoms with E-state index in [0.29, 0.717) is 13.1 Å². The van der Waals surface area contributed by atoms with Crippen molar-refractivity contribution in [1.82, 2.24) is 10.3 Å². The number of rotatable bonds is 4. The zero-order valence-electron chi connectivity index (χ0n) is 11.8. The molecule has 0 radical (unpaired) electrons. The van der Waals surface area contributed by atoms with Crippen LogP contribution in [0.2, 0.25) is 0 Å². The van der Waals surface area contributed by atoms with Crippen LogP contribution in [-0.4, -0.2) is 4.98 Å². The Hall–Kier alpha value is -1.33. The van der Waals surface area contributed by atoms with Crippen molar-refractivity contribution >= 4 is 11.3 Å². The highest BCUT2D eigenvalue weighted by atomic mass is 32.1. The van der Waals surface area contributed by atoms with Crippen LogP contribution in [0.3, 0.4) is 0 Å². The number of aromatic nitrogens is 1. The Morgan fingerprint density at radius 3 is 2.50 bits per heavy atom. The Morgan fingerprint density at radius 1 is 1.15 bits per heavy atom. The molecule has 0 aliphatic carbocycles. The smallest absolute Gasteiger partial charge is 0.159 e. The third kappa shape index (κ3) is 3.84. The quantitative estimate of drug-likeness (QED) is 0.922. The fraction of sp³-hybridized carbons (Fsp3) is 0.400. The molecule has 0 bridgehead atoms. The second-order valence-electron chi connectivity index (χ2n) is 5.73. The second kappa shape index (κ2) is 5.97. The first-order chi connectivity index (χ1) is 9.36. The van der Waals surface area contributed by atoms with Crippen molar-refractivity contribution in [3.63, 3.8) is 0 Å². The molecule has 1 heterocycles. The lowest BCUT2D eigenvalue weighted by atomic mass is 9.98. The van der Waals surface area contributed by atoms with Crippen LogP contribution < -0.4 is 5.32 Å². The molecule has 1 aromatic heterocycles. The predicted molar refractivity (Wildman–Crippen MR) is 77.7 cm³/mol. The summed E-state index contributed by atoms with van der Waals surface area (Å²) in [6.45, 7) is 7.56. The Balaban J connectivity index is 1.89. The maximum atomic E-state index is 13.1. The average Bonchev–Trinajstić information content (AvgIpc) is 2.82. The van der Waals surface area contributed by atoms with E-state index in [9.17, 15) is 8.78 Å². The maximum absolute atomic E-state index is 13.1. The van der Waals surface area contributed by atoms with Crippen LogP contribution in [0.4, 0.5) is 8.78 Å². The van der Waals surface area contributed by atoms with Gasteiger partial charge >= 0.3 is 0 Å². The van der Waals surface area contributed by atoms with Crippen LogP contribution in [-0.2, 0) is 18.5 Å². The highest BCUT2D eigenvalue weighted by Gasteiger charge is 2.17. The number of hydrogen-bond acceptors (Lipinski definition) is 3. The topological polar surface area (TPSA) is 24.9 Å². The predicted octanol–water partition coefficient (Wildman–Crippen LogP) is 4.01. The number of benzene rings is 1. The van der Waals surface area contributed by atoms with Gasteiger partial charge in [-0.25, -0.2) is 13.8 Å². The van der Waals surface area contributed by atoms with E-state index in [1.165, 1.54) is 6.07 Å². The molecular formula is C15H18F2N2S. The van der Waals surface area contributed by atoms with Crippen LogP contribution in [0.5, 0.6) is 0 Å². The molecule has 0 saturated heterocycles. The molecule has 2 aromatic rings. The van der Waals surface area contributed by atoms with E-state index in [2.05, 4.69) is 31.1 Å². The Labute approximate surface area is 121 Å². The molecule has 0 aliphatic rings. The third-order valence-electron chi connectivity index (χ3n) is 2.81. The molecule has 2 nitrogen and oxygen atoms in total. The number of nitrogens with zero attached hydrogens (tertiary/aromatic N) is 1. The summed E-state index contributed by atoms with van der Waals surface area (Å²) < 4.78 is 25.9. The molecule has 0 unspecified atom stereocenters. The van der Waals surface area contributed by atoms with Gasteiger partial charge in [-0.3, -0.25) is 0 Å². The Bertz CT molecular complexity index is 588. The van der Waals surface area contributed by atoms with Gasteiger partial charge in [0, 0.05) is 29.6 Å². The van der Waals surface area contributed by atoms with Crippen molar-refractivity contribution in [2.45, 2.75) is 39.3 Å². The molecule has 0 fully saturated rings. The summed E-state index contributed by atoms with van der Waals surface area (Å²) in [5, 5.41) is 4.31. The first-order valence-corrected chi connectivity index (χ1v) is 7.28. The molecule has 1 aromatic carbocycles. The molecule has 20 heavy (non-hydrogen) atoms. The number of thiazole rings is 1. The molecule has 0 spiro atoms. The largest absolute Gasteiger partial charge is 0.308 e. The van der Waals surface area contributed by atoms with Crippen molar-refractivity contribution in [3.05, 3.63) is 51.5 Å². The molecule has 0 aliphatic heterocycles. The van der Waals surface area contributed by atoms with E-state index >= 15 is 0 Å². The molecule has 1 N–H and O–H groups in total. The molecular weight excluding hydrogens is 278 g/mol. The second-order valence-corrected chi connectivity index (χ2v) is 6.85. The molecule has 0 amide bonds. The molecule has 0 saturated carbocycles. The van der Waals surface area contributed by atoms with Gasteiger partial charge in [-0.15, -0.1) is 11.3 Å². The fourth-order valence-corrected chi connectivity index (χ4v) is 2.66. The van der Waals surface area contributed by atoms with E-state index in [-0.39, 0.29) is 5.41 Å². The number of hydrogen-bond donors (Lipinski definition) is 1. The Kier molecular flexibility index (Phi) is 4.50. The van der Waals surface area contributed by atoms with Crippen LogP contribution in [0.25, 0.3) is 0 Å². The van der Waals surface area contributed by atoms with Crippen LogP contribution in [0, 0.1) is 11.6 Å². The summed E-state index contributed by atoms with van der Waals surface area (Å²) in [5.41, 5.74) is 0.785. The molecule has 2 rings (SSSR count). The minimum atomic E-state index is -0.814. The van der Waals surface area contributed by atoms with Crippen LogP contribution in [0.1, 0.15) is 36.2 Å². The summed E-state index contributed by atoms with van der Waals surface area (Å²) in [6.07, 6.45) is 1.86. The summed E-state index contributed by atoms with van der Waals surface area (Å²) >= 11 is 1.67. The van der Waals surface area contributed by atoms with E-state index in [1.54, 1.807) is 17.4 Å². The highest BCUT2D eigenvalue weighted by molar-refractivity contribution is 7.11. The van der Waals surface area contributed by atoms with Crippen LogP contribution in [0.15, 0.2) is 24.4 Å². The van der Waals surface area contributed by atoms with Gasteiger partial charge in [0.05, 0.1) is 5.01 Å². The monoisotopic (exact) mass is 296 g/mol. The third-order valence-corrected chi connectivity index (χ3v) is 4.23. The first-order valence-electron chi connectivity index (χ1n) is 6.46. The minimum Gasteiger partial charge on any atom is -0.308 e. The van der Waals surface area contributed by atoms with E-state index in [1.807, 2.05) is 6.20 Å².